The van der Waals surface area contributed by atoms with Crippen molar-refractivity contribution in [2.45, 2.75) is 13.8 Å². The van der Waals surface area contributed by atoms with Crippen LogP contribution in [0.15, 0.2) is 6.08 Å². The van der Waals surface area contributed by atoms with Gasteiger partial charge in [0.2, 0.25) is 0 Å². The quantitative estimate of drug-likeness (QED) is 0.628. The zero-order valence-corrected chi connectivity index (χ0v) is 7.18. The van der Waals surface area contributed by atoms with Crippen molar-refractivity contribution in [1.29, 1.82) is 0 Å². The second kappa shape index (κ2) is 3.39. The molecule has 0 amide bonds. The first-order valence-electron chi connectivity index (χ1n) is 3.18. The Labute approximate surface area is 68.9 Å². The summed E-state index contributed by atoms with van der Waals surface area (Å²) in [5.74, 6) is 0.0396. The molecule has 4 heteroatoms. The number of carbonyl (C=O) groups excluding carboxylic acids is 1. The van der Waals surface area contributed by atoms with Crippen molar-refractivity contribution in [3.05, 3.63) is 16.6 Å². The average molecular weight is 168 g/mol. The summed E-state index contributed by atoms with van der Waals surface area (Å²) in [6.07, 6.45) is 3.25. The zero-order chi connectivity index (χ0) is 8.27. The van der Waals surface area contributed by atoms with Crippen LogP contribution in [0.5, 0.6) is 0 Å². The molecule has 0 bridgehead atoms. The monoisotopic (exact) mass is 168 g/mol. The maximum absolute atomic E-state index is 10.5. The van der Waals surface area contributed by atoms with Crippen molar-refractivity contribution in [3.63, 3.8) is 0 Å². The summed E-state index contributed by atoms with van der Waals surface area (Å²) in [4.78, 5) is 11.5. The van der Waals surface area contributed by atoms with Crippen molar-refractivity contribution in [2.75, 3.05) is 0 Å². The van der Waals surface area contributed by atoms with Crippen LogP contribution >= 0.6 is 11.5 Å². The lowest BCUT2D eigenvalue weighted by Gasteiger charge is -1.82. The highest BCUT2D eigenvalue weighted by molar-refractivity contribution is 7.06. The number of hydrogen-bond donors (Lipinski definition) is 0. The molecule has 0 N–H and O–H groups in total. The normalized spacial score (nSPS) is 10.7. The molecule has 1 aromatic heterocycles. The van der Waals surface area contributed by atoms with Crippen molar-refractivity contribution >= 4 is 23.4 Å². The summed E-state index contributed by atoms with van der Waals surface area (Å²) in [7, 11) is 0. The Hall–Kier alpha value is -1.03. The SMILES string of the molecule is CC(=O)/C=C/c1snnc1C. The van der Waals surface area contributed by atoms with Crippen LogP contribution in [0.25, 0.3) is 6.08 Å². The second-order valence-electron chi connectivity index (χ2n) is 2.17. The maximum atomic E-state index is 10.5. The molecule has 1 heterocycles. The number of carbonyl (C=O) groups is 1. The minimum absolute atomic E-state index is 0.0396. The van der Waals surface area contributed by atoms with Crippen molar-refractivity contribution < 1.29 is 4.79 Å². The highest BCUT2D eigenvalue weighted by Gasteiger charge is 1.97. The van der Waals surface area contributed by atoms with Crippen LogP contribution in [0.4, 0.5) is 0 Å². The van der Waals surface area contributed by atoms with Crippen molar-refractivity contribution in [2.24, 2.45) is 0 Å². The van der Waals surface area contributed by atoms with Crippen LogP contribution in [0.2, 0.25) is 0 Å². The third-order valence-corrected chi connectivity index (χ3v) is 1.95. The molecule has 0 saturated carbocycles. The standard InChI is InChI=1S/C7H8N2OS/c1-5(10)3-4-7-6(2)8-9-11-7/h3-4H,1-2H3/b4-3+. The van der Waals surface area contributed by atoms with E-state index in [0.717, 1.165) is 10.6 Å². The highest BCUT2D eigenvalue weighted by Crippen LogP contribution is 2.10. The lowest BCUT2D eigenvalue weighted by molar-refractivity contribution is -0.112. The van der Waals surface area contributed by atoms with E-state index >= 15 is 0 Å². The predicted molar refractivity (Wildman–Crippen MR) is 44.4 cm³/mol. The smallest absolute Gasteiger partial charge is 0.152 e. The number of rotatable bonds is 2. The van der Waals surface area contributed by atoms with Gasteiger partial charge in [0.05, 0.1) is 10.6 Å². The van der Waals surface area contributed by atoms with E-state index in [2.05, 4.69) is 9.59 Å². The molecule has 0 fully saturated rings. The number of ketones is 1. The Kier molecular flexibility index (Phi) is 2.48. The average Bonchev–Trinajstić information content (AvgIpc) is 2.31. The van der Waals surface area contributed by atoms with E-state index in [0.29, 0.717) is 0 Å². The molecule has 1 aromatic rings. The van der Waals surface area contributed by atoms with E-state index in [4.69, 9.17) is 0 Å². The Morgan fingerprint density at radius 3 is 2.82 bits per heavy atom. The number of aryl methyl sites for hydroxylation is 1. The lowest BCUT2D eigenvalue weighted by atomic mass is 10.3. The minimum Gasteiger partial charge on any atom is -0.295 e. The van der Waals surface area contributed by atoms with E-state index in [9.17, 15) is 4.79 Å². The Balaban J connectivity index is 2.79. The third kappa shape index (κ3) is 2.23. The summed E-state index contributed by atoms with van der Waals surface area (Å²) in [5, 5.41) is 3.80. The second-order valence-corrected chi connectivity index (χ2v) is 2.95. The first-order valence-corrected chi connectivity index (χ1v) is 3.95. The van der Waals surface area contributed by atoms with Gasteiger partial charge >= 0.3 is 0 Å². The largest absolute Gasteiger partial charge is 0.295 e. The number of hydrogen-bond acceptors (Lipinski definition) is 4. The van der Waals surface area contributed by atoms with Gasteiger partial charge in [-0.2, -0.15) is 0 Å². The number of aromatic nitrogens is 2. The Morgan fingerprint density at radius 1 is 1.64 bits per heavy atom. The Morgan fingerprint density at radius 2 is 2.36 bits per heavy atom. The van der Waals surface area contributed by atoms with Gasteiger partial charge in [-0.3, -0.25) is 4.79 Å². The van der Waals surface area contributed by atoms with Crippen LogP contribution in [0.1, 0.15) is 17.5 Å². The molecular formula is C7H8N2OS. The van der Waals surface area contributed by atoms with E-state index in [1.807, 2.05) is 6.92 Å². The van der Waals surface area contributed by atoms with Crippen LogP contribution in [-0.4, -0.2) is 15.4 Å². The molecule has 0 radical (unpaired) electrons. The third-order valence-electron chi connectivity index (χ3n) is 1.16. The van der Waals surface area contributed by atoms with Crippen LogP contribution in [-0.2, 0) is 4.79 Å². The fourth-order valence-corrected chi connectivity index (χ4v) is 1.14. The molecule has 11 heavy (non-hydrogen) atoms. The van der Waals surface area contributed by atoms with E-state index in [1.54, 1.807) is 6.08 Å². The molecule has 0 aliphatic rings. The molecule has 1 rings (SSSR count). The number of nitrogens with zero attached hydrogens (tertiary/aromatic N) is 2. The van der Waals surface area contributed by atoms with Gasteiger partial charge in [-0.25, -0.2) is 0 Å². The summed E-state index contributed by atoms with van der Waals surface area (Å²) in [6, 6.07) is 0. The first kappa shape index (κ1) is 8.07. The molecule has 0 saturated heterocycles. The molecule has 0 aliphatic heterocycles. The molecular weight excluding hydrogens is 160 g/mol. The first-order chi connectivity index (χ1) is 5.20. The fourth-order valence-electron chi connectivity index (χ4n) is 0.585. The summed E-state index contributed by atoms with van der Waals surface area (Å²) in [6.45, 7) is 3.38. The van der Waals surface area contributed by atoms with E-state index < -0.39 is 0 Å². The van der Waals surface area contributed by atoms with Crippen LogP contribution in [0.3, 0.4) is 0 Å². The molecule has 0 aromatic carbocycles. The van der Waals surface area contributed by atoms with Gasteiger partial charge in [0.1, 0.15) is 0 Å². The van der Waals surface area contributed by atoms with Gasteiger partial charge in [0.15, 0.2) is 5.78 Å². The summed E-state index contributed by atoms with van der Waals surface area (Å²) >= 11 is 1.29. The molecule has 58 valence electrons. The molecule has 3 nitrogen and oxygen atoms in total. The van der Waals surface area contributed by atoms with E-state index in [1.165, 1.54) is 24.5 Å². The van der Waals surface area contributed by atoms with Gasteiger partial charge in [-0.1, -0.05) is 4.49 Å². The minimum atomic E-state index is 0.0396. The summed E-state index contributed by atoms with van der Waals surface area (Å²) in [5.41, 5.74) is 0.868. The van der Waals surface area contributed by atoms with Gasteiger partial charge < -0.3 is 0 Å². The lowest BCUT2D eigenvalue weighted by Crippen LogP contribution is -1.79. The van der Waals surface area contributed by atoms with Gasteiger partial charge in [0.25, 0.3) is 0 Å². The van der Waals surface area contributed by atoms with Crippen molar-refractivity contribution in [1.82, 2.24) is 9.59 Å². The molecule has 0 atom stereocenters. The summed E-state index contributed by atoms with van der Waals surface area (Å²) < 4.78 is 3.73. The fraction of sp³-hybridized carbons (Fsp3) is 0.286. The van der Waals surface area contributed by atoms with Gasteiger partial charge in [-0.05, 0) is 37.5 Å². The maximum Gasteiger partial charge on any atom is 0.152 e. The van der Waals surface area contributed by atoms with Gasteiger partial charge in [0, 0.05) is 0 Å². The topological polar surface area (TPSA) is 42.9 Å². The predicted octanol–water partition coefficient (Wildman–Crippen LogP) is 1.45. The van der Waals surface area contributed by atoms with Crippen LogP contribution in [0, 0.1) is 6.92 Å². The van der Waals surface area contributed by atoms with Crippen molar-refractivity contribution in [3.8, 4) is 0 Å². The van der Waals surface area contributed by atoms with Gasteiger partial charge in [-0.15, -0.1) is 5.10 Å². The molecule has 0 unspecified atom stereocenters. The zero-order valence-electron chi connectivity index (χ0n) is 6.37. The molecule has 0 aliphatic carbocycles. The van der Waals surface area contributed by atoms with Crippen LogP contribution < -0.4 is 0 Å². The Bertz CT molecular complexity index is 290. The van der Waals surface area contributed by atoms with E-state index in [-0.39, 0.29) is 5.78 Å². The highest BCUT2D eigenvalue weighted by atomic mass is 32.1. The number of allylic oxidation sites excluding steroid dienone is 1. The molecule has 0 spiro atoms.